The first-order chi connectivity index (χ1) is 15.1. The molecule has 0 unspecified atom stereocenters. The predicted molar refractivity (Wildman–Crippen MR) is 116 cm³/mol. The number of carbonyl (C=O) groups excluding carboxylic acids is 1. The standard InChI is InChI=1S/C21H25ClFN5O3/c22-15-11-25-19(28-21(29)18-12-24-5-8-31-18)9-14(15)17-2-1-16(23)20(27-17)26-10-13-3-6-30-7-4-13/h1-2,9,11,13,18,24H,3-8,10,12H2,(H,26,27)(H,25,28,29)/t18-/m1/s1. The fourth-order valence-corrected chi connectivity index (χ4v) is 3.75. The van der Waals surface area contributed by atoms with Gasteiger partial charge in [0.15, 0.2) is 11.6 Å². The van der Waals surface area contributed by atoms with Crippen LogP contribution in [0, 0.1) is 11.7 Å². The number of nitrogens with one attached hydrogen (secondary N) is 3. The van der Waals surface area contributed by atoms with Crippen LogP contribution in [0.3, 0.4) is 0 Å². The molecule has 2 aliphatic heterocycles. The Morgan fingerprint density at radius 2 is 2.13 bits per heavy atom. The molecule has 0 saturated carbocycles. The van der Waals surface area contributed by atoms with Crippen LogP contribution in [-0.2, 0) is 14.3 Å². The van der Waals surface area contributed by atoms with E-state index in [0.29, 0.717) is 54.3 Å². The average Bonchev–Trinajstić information content (AvgIpc) is 2.81. The molecule has 2 fully saturated rings. The summed E-state index contributed by atoms with van der Waals surface area (Å²) in [6.07, 6.45) is 2.73. The topological polar surface area (TPSA) is 97.4 Å². The molecule has 166 valence electrons. The first kappa shape index (κ1) is 21.9. The van der Waals surface area contributed by atoms with Crippen LogP contribution < -0.4 is 16.0 Å². The van der Waals surface area contributed by atoms with E-state index in [0.717, 1.165) is 26.1 Å². The summed E-state index contributed by atoms with van der Waals surface area (Å²) in [5.74, 6) is 0.183. The third-order valence-corrected chi connectivity index (χ3v) is 5.65. The lowest BCUT2D eigenvalue weighted by Gasteiger charge is -2.23. The number of ether oxygens (including phenoxy) is 2. The van der Waals surface area contributed by atoms with Gasteiger partial charge in [-0.15, -0.1) is 0 Å². The number of aromatic nitrogens is 2. The molecule has 2 aromatic heterocycles. The highest BCUT2D eigenvalue weighted by Gasteiger charge is 2.22. The van der Waals surface area contributed by atoms with Gasteiger partial charge in [0.25, 0.3) is 5.91 Å². The highest BCUT2D eigenvalue weighted by Crippen LogP contribution is 2.30. The fraction of sp³-hybridized carbons (Fsp3) is 0.476. The zero-order valence-electron chi connectivity index (χ0n) is 17.0. The number of halogens is 2. The second-order valence-corrected chi connectivity index (χ2v) is 7.97. The Kier molecular flexibility index (Phi) is 7.29. The van der Waals surface area contributed by atoms with E-state index >= 15 is 0 Å². The summed E-state index contributed by atoms with van der Waals surface area (Å²) in [7, 11) is 0. The largest absolute Gasteiger partial charge is 0.381 e. The number of anilines is 2. The Hall–Kier alpha value is -2.33. The molecule has 3 N–H and O–H groups in total. The zero-order chi connectivity index (χ0) is 21.6. The third kappa shape index (κ3) is 5.68. The highest BCUT2D eigenvalue weighted by atomic mass is 35.5. The number of amides is 1. The van der Waals surface area contributed by atoms with Crippen molar-refractivity contribution in [3.05, 3.63) is 35.2 Å². The van der Waals surface area contributed by atoms with Crippen molar-refractivity contribution in [2.45, 2.75) is 18.9 Å². The van der Waals surface area contributed by atoms with Crippen LogP contribution in [0.4, 0.5) is 16.0 Å². The van der Waals surface area contributed by atoms with Gasteiger partial charge in [-0.3, -0.25) is 4.79 Å². The van der Waals surface area contributed by atoms with E-state index < -0.39 is 11.9 Å². The van der Waals surface area contributed by atoms with Gasteiger partial charge in [0.05, 0.1) is 17.3 Å². The normalized spacial score (nSPS) is 19.7. The van der Waals surface area contributed by atoms with Gasteiger partial charge < -0.3 is 25.4 Å². The number of carbonyl (C=O) groups is 1. The molecule has 1 atom stereocenters. The van der Waals surface area contributed by atoms with Crippen LogP contribution in [0.2, 0.25) is 5.02 Å². The van der Waals surface area contributed by atoms with E-state index in [-0.39, 0.29) is 11.7 Å². The minimum atomic E-state index is -0.584. The van der Waals surface area contributed by atoms with Gasteiger partial charge in [0.1, 0.15) is 11.9 Å². The Balaban J connectivity index is 1.48. The maximum atomic E-state index is 14.3. The van der Waals surface area contributed by atoms with Crippen molar-refractivity contribution < 1.29 is 18.7 Å². The molecule has 0 aromatic carbocycles. The summed E-state index contributed by atoms with van der Waals surface area (Å²) in [4.78, 5) is 21.0. The van der Waals surface area contributed by atoms with E-state index in [2.05, 4.69) is 25.9 Å². The minimum Gasteiger partial charge on any atom is -0.381 e. The molecule has 2 saturated heterocycles. The lowest BCUT2D eigenvalue weighted by atomic mass is 10.0. The van der Waals surface area contributed by atoms with Gasteiger partial charge in [0, 0.05) is 44.6 Å². The van der Waals surface area contributed by atoms with E-state index in [4.69, 9.17) is 21.1 Å². The summed E-state index contributed by atoms with van der Waals surface area (Å²) in [5.41, 5.74) is 1.03. The Bertz CT molecular complexity index is 920. The van der Waals surface area contributed by atoms with Gasteiger partial charge in [-0.2, -0.15) is 0 Å². The summed E-state index contributed by atoms with van der Waals surface area (Å²) in [6, 6.07) is 4.53. The molecular formula is C21H25ClFN5O3. The second kappa shape index (κ2) is 10.3. The molecule has 10 heteroatoms. The van der Waals surface area contributed by atoms with Crippen molar-refractivity contribution >= 4 is 29.1 Å². The van der Waals surface area contributed by atoms with E-state index in [1.165, 1.54) is 12.3 Å². The van der Waals surface area contributed by atoms with Gasteiger partial charge in [-0.1, -0.05) is 11.6 Å². The molecule has 0 bridgehead atoms. The number of hydrogen-bond donors (Lipinski definition) is 3. The van der Waals surface area contributed by atoms with Crippen LogP contribution in [0.5, 0.6) is 0 Å². The van der Waals surface area contributed by atoms with E-state index in [1.54, 1.807) is 12.1 Å². The summed E-state index contributed by atoms with van der Waals surface area (Å²) >= 11 is 6.33. The van der Waals surface area contributed by atoms with Crippen LogP contribution in [0.1, 0.15) is 12.8 Å². The van der Waals surface area contributed by atoms with Gasteiger partial charge >= 0.3 is 0 Å². The lowest BCUT2D eigenvalue weighted by Crippen LogP contribution is -2.45. The van der Waals surface area contributed by atoms with Gasteiger partial charge in [-0.25, -0.2) is 14.4 Å². The van der Waals surface area contributed by atoms with Gasteiger partial charge in [0.2, 0.25) is 0 Å². The van der Waals surface area contributed by atoms with E-state index in [9.17, 15) is 9.18 Å². The zero-order valence-corrected chi connectivity index (χ0v) is 17.8. The Morgan fingerprint density at radius 3 is 2.90 bits per heavy atom. The van der Waals surface area contributed by atoms with Crippen LogP contribution in [0.25, 0.3) is 11.3 Å². The van der Waals surface area contributed by atoms with E-state index in [1.807, 2.05) is 0 Å². The molecule has 4 rings (SSSR count). The molecule has 0 radical (unpaired) electrons. The number of rotatable bonds is 6. The van der Waals surface area contributed by atoms with Crippen LogP contribution >= 0.6 is 11.6 Å². The smallest absolute Gasteiger partial charge is 0.255 e. The maximum Gasteiger partial charge on any atom is 0.255 e. The average molecular weight is 450 g/mol. The number of pyridine rings is 2. The summed E-state index contributed by atoms with van der Waals surface area (Å²) in [5, 5.41) is 9.31. The molecule has 31 heavy (non-hydrogen) atoms. The molecule has 0 aliphatic carbocycles. The van der Waals surface area contributed by atoms with Crippen LogP contribution in [0.15, 0.2) is 24.4 Å². The SMILES string of the molecule is O=C(Nc1cc(-c2ccc(F)c(NCC3CCOCC3)n2)c(Cl)cn1)[C@H]1CNCCO1. The Labute approximate surface area is 184 Å². The first-order valence-corrected chi connectivity index (χ1v) is 10.7. The monoisotopic (exact) mass is 449 g/mol. The minimum absolute atomic E-state index is 0.170. The van der Waals surface area contributed by atoms with Crippen molar-refractivity contribution in [3.63, 3.8) is 0 Å². The van der Waals surface area contributed by atoms with Crippen molar-refractivity contribution in [1.29, 1.82) is 0 Å². The maximum absolute atomic E-state index is 14.3. The van der Waals surface area contributed by atoms with Gasteiger partial charge in [-0.05, 0) is 37.0 Å². The number of morpholine rings is 1. The second-order valence-electron chi connectivity index (χ2n) is 7.57. The third-order valence-electron chi connectivity index (χ3n) is 5.35. The quantitative estimate of drug-likeness (QED) is 0.623. The van der Waals surface area contributed by atoms with Crippen LogP contribution in [-0.4, -0.2) is 61.4 Å². The Morgan fingerprint density at radius 1 is 1.29 bits per heavy atom. The molecule has 2 aliphatic rings. The van der Waals surface area contributed by atoms with Crippen molar-refractivity contribution in [3.8, 4) is 11.3 Å². The van der Waals surface area contributed by atoms with Crippen molar-refractivity contribution in [2.75, 3.05) is 50.1 Å². The lowest BCUT2D eigenvalue weighted by molar-refractivity contribution is -0.128. The summed E-state index contributed by atoms with van der Waals surface area (Å²) in [6.45, 7) is 3.71. The molecule has 1 amide bonds. The molecule has 8 nitrogen and oxygen atoms in total. The van der Waals surface area contributed by atoms with Crippen molar-refractivity contribution in [2.24, 2.45) is 5.92 Å². The summed E-state index contributed by atoms with van der Waals surface area (Å²) < 4.78 is 25.1. The fourth-order valence-electron chi connectivity index (χ4n) is 3.55. The molecule has 4 heterocycles. The predicted octanol–water partition coefficient (Wildman–Crippen LogP) is 2.70. The highest BCUT2D eigenvalue weighted by molar-refractivity contribution is 6.33. The molecule has 2 aromatic rings. The molecular weight excluding hydrogens is 425 g/mol. The number of nitrogens with zero attached hydrogens (tertiary/aromatic N) is 2. The molecule has 0 spiro atoms. The number of hydrogen-bond acceptors (Lipinski definition) is 7. The first-order valence-electron chi connectivity index (χ1n) is 10.4. The van der Waals surface area contributed by atoms with Crippen molar-refractivity contribution in [1.82, 2.24) is 15.3 Å².